The molecule has 2 rings (SSSR count). The number of carboxylic acids is 1. The summed E-state index contributed by atoms with van der Waals surface area (Å²) < 4.78 is 1.19. The molecule has 1 fully saturated rings. The highest BCUT2D eigenvalue weighted by molar-refractivity contribution is 9.11. The Morgan fingerprint density at radius 3 is 2.29 bits per heavy atom. The zero-order valence-electron chi connectivity index (χ0n) is 11.9. The van der Waals surface area contributed by atoms with E-state index in [9.17, 15) is 15.0 Å². The van der Waals surface area contributed by atoms with Gasteiger partial charge in [0.05, 0.1) is 14.3 Å². The van der Waals surface area contributed by atoms with E-state index in [1.54, 1.807) is 11.8 Å². The summed E-state index contributed by atoms with van der Waals surface area (Å²) in [6.45, 7) is 6.06. The molecule has 1 aromatic carbocycles. The number of hydrogen-bond donors (Lipinski definition) is 2. The summed E-state index contributed by atoms with van der Waals surface area (Å²) in [6, 6.07) is 3.19. The molecule has 1 heterocycles. The fourth-order valence-electron chi connectivity index (χ4n) is 2.50. The van der Waals surface area contributed by atoms with Gasteiger partial charge in [0.2, 0.25) is 0 Å². The maximum atomic E-state index is 11.5. The van der Waals surface area contributed by atoms with Crippen molar-refractivity contribution in [2.75, 3.05) is 5.75 Å². The van der Waals surface area contributed by atoms with Crippen molar-refractivity contribution >= 4 is 49.6 Å². The van der Waals surface area contributed by atoms with Gasteiger partial charge in [-0.15, -0.1) is 11.8 Å². The topological polar surface area (TPSA) is 60.8 Å². The van der Waals surface area contributed by atoms with E-state index in [0.29, 0.717) is 14.7 Å². The van der Waals surface area contributed by atoms with Gasteiger partial charge in [0, 0.05) is 11.3 Å². The Labute approximate surface area is 145 Å². The standard InChI is InChI=1S/C14H17Br2NO3S/c1-14(2,3)17-10(13(19)20)6-21-12(17)7-4-8(15)11(18)9(16)5-7/h4-5,10,12,18H,6H2,1-3H3,(H,19,20)/t10-,12+/m0/s1. The van der Waals surface area contributed by atoms with E-state index in [0.717, 1.165) is 5.56 Å². The summed E-state index contributed by atoms with van der Waals surface area (Å²) >= 11 is 8.28. The number of benzene rings is 1. The lowest BCUT2D eigenvalue weighted by Crippen LogP contribution is -2.49. The molecule has 0 aliphatic carbocycles. The molecule has 4 nitrogen and oxygen atoms in total. The highest BCUT2D eigenvalue weighted by atomic mass is 79.9. The number of hydrogen-bond acceptors (Lipinski definition) is 4. The molecule has 2 N–H and O–H groups in total. The van der Waals surface area contributed by atoms with Crippen LogP contribution in [0, 0.1) is 0 Å². The Morgan fingerprint density at radius 2 is 1.86 bits per heavy atom. The quantitative estimate of drug-likeness (QED) is 0.723. The molecule has 0 bridgehead atoms. The van der Waals surface area contributed by atoms with E-state index in [2.05, 4.69) is 31.9 Å². The Morgan fingerprint density at radius 1 is 1.33 bits per heavy atom. The van der Waals surface area contributed by atoms with Gasteiger partial charge in [0.15, 0.2) is 0 Å². The SMILES string of the molecule is CC(C)(C)N1[C@@H](c2cc(Br)c(O)c(Br)c2)SC[C@H]1C(=O)O. The Kier molecular flexibility index (Phi) is 4.97. The minimum Gasteiger partial charge on any atom is -0.506 e. The average Bonchev–Trinajstić information content (AvgIpc) is 2.79. The zero-order chi connectivity index (χ0) is 15.9. The van der Waals surface area contributed by atoms with Gasteiger partial charge >= 0.3 is 5.97 Å². The van der Waals surface area contributed by atoms with E-state index < -0.39 is 12.0 Å². The lowest BCUT2D eigenvalue weighted by molar-refractivity contribution is -0.144. The number of phenolic OH excluding ortho intramolecular Hbond substituents is 1. The Hall–Kier alpha value is -0.240. The minimum atomic E-state index is -0.795. The third kappa shape index (κ3) is 3.41. The first-order valence-corrected chi connectivity index (χ1v) is 9.07. The van der Waals surface area contributed by atoms with Gasteiger partial charge in [0.1, 0.15) is 11.8 Å². The van der Waals surface area contributed by atoms with Crippen LogP contribution in [0.5, 0.6) is 5.75 Å². The number of nitrogens with zero attached hydrogens (tertiary/aromatic N) is 1. The fraction of sp³-hybridized carbons (Fsp3) is 0.500. The lowest BCUT2D eigenvalue weighted by Gasteiger charge is -2.39. The smallest absolute Gasteiger partial charge is 0.321 e. The van der Waals surface area contributed by atoms with Gasteiger partial charge in [-0.25, -0.2) is 0 Å². The average molecular weight is 439 g/mol. The second kappa shape index (κ2) is 6.10. The van der Waals surface area contributed by atoms with E-state index in [-0.39, 0.29) is 16.7 Å². The van der Waals surface area contributed by atoms with Crippen LogP contribution in [0.15, 0.2) is 21.1 Å². The largest absolute Gasteiger partial charge is 0.506 e. The van der Waals surface area contributed by atoms with Gasteiger partial charge in [-0.2, -0.15) is 0 Å². The number of halogens is 2. The molecule has 0 radical (unpaired) electrons. The van der Waals surface area contributed by atoms with Crippen molar-refractivity contribution in [2.24, 2.45) is 0 Å². The van der Waals surface area contributed by atoms with Gasteiger partial charge in [-0.1, -0.05) is 0 Å². The van der Waals surface area contributed by atoms with Gasteiger partial charge in [-0.05, 0) is 70.3 Å². The summed E-state index contributed by atoms with van der Waals surface area (Å²) in [4.78, 5) is 13.5. The molecule has 0 unspecified atom stereocenters. The summed E-state index contributed by atoms with van der Waals surface area (Å²) in [6.07, 6.45) is 0. The Bertz CT molecular complexity index is 551. The molecule has 116 valence electrons. The van der Waals surface area contributed by atoms with E-state index in [1.165, 1.54) is 0 Å². The van der Waals surface area contributed by atoms with Crippen molar-refractivity contribution in [1.29, 1.82) is 0 Å². The summed E-state index contributed by atoms with van der Waals surface area (Å²) in [5.41, 5.74) is 0.698. The first-order valence-electron chi connectivity index (χ1n) is 6.43. The minimum absolute atomic E-state index is 0.0562. The van der Waals surface area contributed by atoms with Crippen LogP contribution < -0.4 is 0 Å². The monoisotopic (exact) mass is 437 g/mol. The predicted molar refractivity (Wildman–Crippen MR) is 91.7 cm³/mol. The third-order valence-corrected chi connectivity index (χ3v) is 5.92. The molecule has 1 aliphatic rings. The van der Waals surface area contributed by atoms with Crippen LogP contribution in [0.2, 0.25) is 0 Å². The number of phenols is 1. The lowest BCUT2D eigenvalue weighted by atomic mass is 10.0. The molecule has 2 atom stereocenters. The maximum absolute atomic E-state index is 11.5. The molecule has 1 saturated heterocycles. The molecule has 21 heavy (non-hydrogen) atoms. The molecule has 0 aromatic heterocycles. The molecule has 0 saturated carbocycles. The number of carbonyl (C=O) groups is 1. The number of aromatic hydroxyl groups is 1. The summed E-state index contributed by atoms with van der Waals surface area (Å²) in [5, 5.41) is 19.2. The summed E-state index contributed by atoms with van der Waals surface area (Å²) in [7, 11) is 0. The first-order chi connectivity index (χ1) is 9.62. The predicted octanol–water partition coefficient (Wildman–Crippen LogP) is 4.22. The third-order valence-electron chi connectivity index (χ3n) is 3.38. The first kappa shape index (κ1) is 17.1. The molecule has 0 amide bonds. The number of thioether (sulfide) groups is 1. The molecule has 1 aliphatic heterocycles. The van der Waals surface area contributed by atoms with Gasteiger partial charge in [-0.3, -0.25) is 9.69 Å². The van der Waals surface area contributed by atoms with Crippen LogP contribution in [-0.4, -0.2) is 38.4 Å². The van der Waals surface area contributed by atoms with Crippen molar-refractivity contribution < 1.29 is 15.0 Å². The molecule has 0 spiro atoms. The molecular formula is C14H17Br2NO3S. The van der Waals surface area contributed by atoms with Crippen LogP contribution in [0.4, 0.5) is 0 Å². The van der Waals surface area contributed by atoms with Crippen molar-refractivity contribution in [3.05, 3.63) is 26.6 Å². The summed E-state index contributed by atoms with van der Waals surface area (Å²) in [5.74, 6) is -0.0939. The van der Waals surface area contributed by atoms with E-state index in [1.807, 2.05) is 37.8 Å². The van der Waals surface area contributed by atoms with Crippen LogP contribution in [0.1, 0.15) is 31.7 Å². The second-order valence-corrected chi connectivity index (χ2v) is 8.77. The van der Waals surface area contributed by atoms with Crippen molar-refractivity contribution in [3.8, 4) is 5.75 Å². The Balaban J connectivity index is 2.45. The highest BCUT2D eigenvalue weighted by Crippen LogP contribution is 2.47. The van der Waals surface area contributed by atoms with E-state index in [4.69, 9.17) is 0 Å². The van der Waals surface area contributed by atoms with Crippen LogP contribution in [0.25, 0.3) is 0 Å². The van der Waals surface area contributed by atoms with Crippen molar-refractivity contribution in [1.82, 2.24) is 4.90 Å². The normalized spacial score (nSPS) is 23.5. The highest BCUT2D eigenvalue weighted by Gasteiger charge is 2.45. The van der Waals surface area contributed by atoms with Crippen molar-refractivity contribution in [3.63, 3.8) is 0 Å². The van der Waals surface area contributed by atoms with Crippen LogP contribution >= 0.6 is 43.6 Å². The van der Waals surface area contributed by atoms with Crippen LogP contribution in [0.3, 0.4) is 0 Å². The zero-order valence-corrected chi connectivity index (χ0v) is 15.9. The van der Waals surface area contributed by atoms with Crippen molar-refractivity contribution in [2.45, 2.75) is 37.7 Å². The van der Waals surface area contributed by atoms with Crippen LogP contribution in [-0.2, 0) is 4.79 Å². The number of aliphatic carboxylic acids is 1. The molecule has 1 aromatic rings. The van der Waals surface area contributed by atoms with Gasteiger partial charge < -0.3 is 10.2 Å². The number of rotatable bonds is 2. The number of carboxylic acid groups (broad SMARTS) is 1. The molecule has 7 heteroatoms. The maximum Gasteiger partial charge on any atom is 0.321 e. The van der Waals surface area contributed by atoms with E-state index >= 15 is 0 Å². The fourth-order valence-corrected chi connectivity index (χ4v) is 5.34. The molecular weight excluding hydrogens is 422 g/mol. The van der Waals surface area contributed by atoms with Gasteiger partial charge in [0.25, 0.3) is 0 Å². The second-order valence-electron chi connectivity index (χ2n) is 5.95.